The van der Waals surface area contributed by atoms with Crippen LogP contribution in [-0.2, 0) is 6.54 Å². The predicted octanol–water partition coefficient (Wildman–Crippen LogP) is 0.973. The summed E-state index contributed by atoms with van der Waals surface area (Å²) in [4.78, 5) is 23.1. The molecule has 27 heavy (non-hydrogen) atoms. The summed E-state index contributed by atoms with van der Waals surface area (Å²) in [5.41, 5.74) is 0.978. The van der Waals surface area contributed by atoms with Crippen LogP contribution < -0.4 is 5.32 Å². The molecule has 0 spiro atoms. The van der Waals surface area contributed by atoms with E-state index in [9.17, 15) is 9.90 Å². The predicted molar refractivity (Wildman–Crippen MR) is 106 cm³/mol. The number of rotatable bonds is 3. The Bertz CT molecular complexity index is 597. The lowest BCUT2D eigenvalue weighted by atomic mass is 10.2. The van der Waals surface area contributed by atoms with Gasteiger partial charge in [-0.15, -0.1) is 0 Å². The normalized spacial score (nSPS) is 26.2. The Morgan fingerprint density at radius 3 is 2.48 bits per heavy atom. The molecule has 1 aromatic rings. The molecule has 0 aromatic carbocycles. The fourth-order valence-electron chi connectivity index (χ4n) is 3.97. The maximum absolute atomic E-state index is 11.2. The van der Waals surface area contributed by atoms with Gasteiger partial charge in [0.1, 0.15) is 5.69 Å². The van der Waals surface area contributed by atoms with E-state index in [1.165, 1.54) is 19.4 Å². The summed E-state index contributed by atoms with van der Waals surface area (Å²) in [5.74, 6) is -0.959. The van der Waals surface area contributed by atoms with Gasteiger partial charge in [0.2, 0.25) is 0 Å². The van der Waals surface area contributed by atoms with Crippen LogP contribution >= 0.6 is 0 Å². The van der Waals surface area contributed by atoms with E-state index in [1.54, 1.807) is 12.1 Å². The molecule has 0 aliphatic carbocycles. The first-order valence-electron chi connectivity index (χ1n) is 10.3. The monoisotopic (exact) mass is 375 g/mol. The molecule has 2 N–H and O–H groups in total. The van der Waals surface area contributed by atoms with Gasteiger partial charge in [0, 0.05) is 32.7 Å². The molecule has 2 atom stereocenters. The molecule has 0 amide bonds. The van der Waals surface area contributed by atoms with Crippen LogP contribution in [0.15, 0.2) is 18.2 Å². The number of hydrogen-bond acceptors (Lipinski definition) is 6. The molecule has 7 heteroatoms. The second-order valence-electron chi connectivity index (χ2n) is 7.59. The van der Waals surface area contributed by atoms with E-state index in [0.29, 0.717) is 0 Å². The lowest BCUT2D eigenvalue weighted by molar-refractivity contribution is 0.0690. The number of hydrogen-bond donors (Lipinski definition) is 2. The zero-order valence-electron chi connectivity index (χ0n) is 16.3. The highest BCUT2D eigenvalue weighted by molar-refractivity contribution is 5.85. The first-order chi connectivity index (χ1) is 13.2. The second kappa shape index (κ2) is 10.7. The Balaban J connectivity index is 1.66. The summed E-state index contributed by atoms with van der Waals surface area (Å²) < 4.78 is 0. The standard InChI is InChI=1S/C20H33N5O2/c26-20(27)19-6-1-5-18(22-19)17-25-13-4-11-23-10-3-12-24(15-16-25)9-2-7-21-8-14-23/h1,5-6,21H,2-4,7-17H2,(H,26,27). The van der Waals surface area contributed by atoms with E-state index in [2.05, 4.69) is 25.0 Å². The fourth-order valence-corrected chi connectivity index (χ4v) is 3.97. The number of carboxylic acid groups (broad SMARTS) is 1. The van der Waals surface area contributed by atoms with Gasteiger partial charge in [-0.3, -0.25) is 4.90 Å². The second-order valence-corrected chi connectivity index (χ2v) is 7.59. The third kappa shape index (κ3) is 6.84. The molecule has 3 rings (SSSR count). The minimum atomic E-state index is -0.959. The van der Waals surface area contributed by atoms with Crippen molar-refractivity contribution in [2.75, 3.05) is 65.4 Å². The highest BCUT2D eigenvalue weighted by Gasteiger charge is 2.16. The number of fused-ring (bicyclic) bond motifs is 4. The van der Waals surface area contributed by atoms with Crippen LogP contribution in [0.4, 0.5) is 0 Å². The summed E-state index contributed by atoms with van der Waals surface area (Å²) in [5, 5.41) is 12.8. The number of aromatic nitrogens is 1. The Morgan fingerprint density at radius 1 is 0.926 bits per heavy atom. The molecule has 0 saturated carbocycles. The molecule has 2 fully saturated rings. The van der Waals surface area contributed by atoms with Crippen LogP contribution in [0.25, 0.3) is 0 Å². The van der Waals surface area contributed by atoms with E-state index < -0.39 is 5.97 Å². The van der Waals surface area contributed by atoms with Crippen molar-refractivity contribution < 1.29 is 9.90 Å². The van der Waals surface area contributed by atoms with Gasteiger partial charge in [-0.05, 0) is 70.7 Å². The first-order valence-corrected chi connectivity index (χ1v) is 10.3. The molecule has 2 unspecified atom stereocenters. The van der Waals surface area contributed by atoms with Crippen LogP contribution in [0, 0.1) is 0 Å². The Kier molecular flexibility index (Phi) is 8.01. The van der Waals surface area contributed by atoms with Gasteiger partial charge in [-0.2, -0.15) is 0 Å². The molecule has 1 aromatic heterocycles. The van der Waals surface area contributed by atoms with Crippen molar-refractivity contribution in [1.29, 1.82) is 0 Å². The van der Waals surface area contributed by atoms with Crippen molar-refractivity contribution in [2.45, 2.75) is 25.8 Å². The maximum atomic E-state index is 11.2. The lowest BCUT2D eigenvalue weighted by Gasteiger charge is -2.27. The molecular weight excluding hydrogens is 342 g/mol. The van der Waals surface area contributed by atoms with E-state index >= 15 is 0 Å². The maximum Gasteiger partial charge on any atom is 0.354 e. The Labute approximate surface area is 162 Å². The number of carboxylic acids is 1. The number of carbonyl (C=O) groups is 1. The molecule has 7 nitrogen and oxygen atoms in total. The number of nitrogens with one attached hydrogen (secondary N) is 1. The minimum absolute atomic E-state index is 0.132. The van der Waals surface area contributed by atoms with E-state index in [4.69, 9.17) is 0 Å². The smallest absolute Gasteiger partial charge is 0.354 e. The Morgan fingerprint density at radius 2 is 1.67 bits per heavy atom. The third-order valence-corrected chi connectivity index (χ3v) is 5.47. The van der Waals surface area contributed by atoms with Crippen molar-refractivity contribution in [3.8, 4) is 0 Å². The van der Waals surface area contributed by atoms with Crippen LogP contribution in [-0.4, -0.2) is 96.2 Å². The minimum Gasteiger partial charge on any atom is -0.477 e. The summed E-state index contributed by atoms with van der Waals surface area (Å²) >= 11 is 0. The largest absolute Gasteiger partial charge is 0.477 e. The van der Waals surface area contributed by atoms with Crippen LogP contribution in [0.5, 0.6) is 0 Å². The van der Waals surface area contributed by atoms with Crippen molar-refractivity contribution in [1.82, 2.24) is 25.0 Å². The van der Waals surface area contributed by atoms with Crippen LogP contribution in [0.1, 0.15) is 35.4 Å². The summed E-state index contributed by atoms with van der Waals surface area (Å²) in [6.07, 6.45) is 3.57. The molecule has 2 aliphatic rings. The van der Waals surface area contributed by atoms with Crippen LogP contribution in [0.2, 0.25) is 0 Å². The number of pyridine rings is 1. The highest BCUT2D eigenvalue weighted by atomic mass is 16.4. The van der Waals surface area contributed by atoms with Gasteiger partial charge in [0.25, 0.3) is 0 Å². The quantitative estimate of drug-likeness (QED) is 0.816. The van der Waals surface area contributed by atoms with E-state index in [0.717, 1.165) is 77.6 Å². The SMILES string of the molecule is O=C(O)c1cccc(CN2CCCN3CCCN(CCCNCC3)CC2)n1. The average Bonchev–Trinajstić information content (AvgIpc) is 2.74. The highest BCUT2D eigenvalue weighted by Crippen LogP contribution is 2.08. The van der Waals surface area contributed by atoms with Gasteiger partial charge in [0.15, 0.2) is 0 Å². The molecular formula is C20H33N5O2. The van der Waals surface area contributed by atoms with Gasteiger partial charge in [-0.1, -0.05) is 6.07 Å². The summed E-state index contributed by atoms with van der Waals surface area (Å²) in [6.45, 7) is 11.7. The molecule has 2 bridgehead atoms. The summed E-state index contributed by atoms with van der Waals surface area (Å²) in [6, 6.07) is 5.29. The zero-order chi connectivity index (χ0) is 18.9. The summed E-state index contributed by atoms with van der Waals surface area (Å²) in [7, 11) is 0. The molecule has 150 valence electrons. The van der Waals surface area contributed by atoms with Gasteiger partial charge in [0.05, 0.1) is 5.69 Å². The van der Waals surface area contributed by atoms with Crippen molar-refractivity contribution in [3.05, 3.63) is 29.6 Å². The molecule has 0 radical (unpaired) electrons. The fraction of sp³-hybridized carbons (Fsp3) is 0.700. The molecule has 3 heterocycles. The van der Waals surface area contributed by atoms with Gasteiger partial charge < -0.3 is 20.2 Å². The average molecular weight is 376 g/mol. The molecule has 2 saturated heterocycles. The van der Waals surface area contributed by atoms with Gasteiger partial charge >= 0.3 is 5.97 Å². The van der Waals surface area contributed by atoms with Crippen LogP contribution in [0.3, 0.4) is 0 Å². The van der Waals surface area contributed by atoms with Crippen molar-refractivity contribution >= 4 is 5.97 Å². The van der Waals surface area contributed by atoms with E-state index in [1.807, 2.05) is 6.07 Å². The third-order valence-electron chi connectivity index (χ3n) is 5.47. The first kappa shape index (κ1) is 20.2. The lowest BCUT2D eigenvalue weighted by Crippen LogP contribution is -2.38. The topological polar surface area (TPSA) is 71.9 Å². The zero-order valence-corrected chi connectivity index (χ0v) is 16.3. The number of nitrogens with zero attached hydrogens (tertiary/aromatic N) is 4. The Hall–Kier alpha value is -1.54. The number of aromatic carboxylic acids is 1. The van der Waals surface area contributed by atoms with Gasteiger partial charge in [-0.25, -0.2) is 9.78 Å². The van der Waals surface area contributed by atoms with Crippen molar-refractivity contribution in [2.24, 2.45) is 0 Å². The van der Waals surface area contributed by atoms with Crippen molar-refractivity contribution in [3.63, 3.8) is 0 Å². The molecule has 2 aliphatic heterocycles. The van der Waals surface area contributed by atoms with E-state index in [-0.39, 0.29) is 5.69 Å².